The zero-order valence-corrected chi connectivity index (χ0v) is 22.5. The van der Waals surface area contributed by atoms with Gasteiger partial charge in [0.2, 0.25) is 11.8 Å². The third kappa shape index (κ3) is 6.30. The summed E-state index contributed by atoms with van der Waals surface area (Å²) in [6, 6.07) is 6.27. The zero-order valence-electron chi connectivity index (χ0n) is 21.5. The molecular weight excluding hydrogens is 480 g/mol. The van der Waals surface area contributed by atoms with Crippen LogP contribution in [0, 0.1) is 11.6 Å². The predicted molar refractivity (Wildman–Crippen MR) is 138 cm³/mol. The minimum atomic E-state index is -1.34. The minimum Gasteiger partial charge on any atom is -0.471 e. The van der Waals surface area contributed by atoms with Gasteiger partial charge in [0.05, 0.1) is 12.1 Å². The van der Waals surface area contributed by atoms with Crippen molar-refractivity contribution >= 4 is 14.0 Å². The van der Waals surface area contributed by atoms with Crippen molar-refractivity contribution in [3.63, 3.8) is 0 Å². The lowest BCUT2D eigenvalue weighted by molar-refractivity contribution is -0.120. The molecule has 0 saturated heterocycles. The van der Waals surface area contributed by atoms with Crippen LogP contribution in [0.15, 0.2) is 30.5 Å². The summed E-state index contributed by atoms with van der Waals surface area (Å²) in [5.41, 5.74) is 2.05. The fourth-order valence-corrected chi connectivity index (χ4v) is 6.66. The molecule has 1 saturated carbocycles. The molecule has 1 fully saturated rings. The van der Waals surface area contributed by atoms with Crippen LogP contribution in [0.3, 0.4) is 0 Å². The Bertz CT molecular complexity index is 1100. The molecule has 36 heavy (non-hydrogen) atoms. The van der Waals surface area contributed by atoms with E-state index in [1.165, 1.54) is 24.6 Å². The van der Waals surface area contributed by atoms with Gasteiger partial charge in [0.15, 0.2) is 11.6 Å². The van der Waals surface area contributed by atoms with E-state index >= 15 is 0 Å². The van der Waals surface area contributed by atoms with Crippen LogP contribution >= 0.6 is 0 Å². The normalized spacial score (nSPS) is 20.1. The van der Waals surface area contributed by atoms with E-state index in [-0.39, 0.29) is 36.1 Å². The van der Waals surface area contributed by atoms with Gasteiger partial charge < -0.3 is 20.5 Å². The van der Waals surface area contributed by atoms with Crippen LogP contribution in [0.25, 0.3) is 0 Å². The van der Waals surface area contributed by atoms with E-state index in [2.05, 4.69) is 41.3 Å². The number of aliphatic hydroxyl groups is 1. The average molecular weight is 518 g/mol. The molecule has 0 unspecified atom stereocenters. The number of amides is 1. The van der Waals surface area contributed by atoms with Crippen molar-refractivity contribution in [1.29, 1.82) is 0 Å². The number of rotatable bonds is 9. The van der Waals surface area contributed by atoms with Gasteiger partial charge in [-0.2, -0.15) is 0 Å². The largest absolute Gasteiger partial charge is 0.471 e. The van der Waals surface area contributed by atoms with Crippen molar-refractivity contribution in [2.45, 2.75) is 88.5 Å². The lowest BCUT2D eigenvalue weighted by atomic mass is 9.73. The van der Waals surface area contributed by atoms with E-state index in [0.29, 0.717) is 5.88 Å². The number of nitrogens with zero attached hydrogens (tertiary/aromatic N) is 1. The Morgan fingerprint density at radius 2 is 2.06 bits per heavy atom. The van der Waals surface area contributed by atoms with Crippen molar-refractivity contribution in [2.24, 2.45) is 0 Å². The van der Waals surface area contributed by atoms with Gasteiger partial charge in [-0.05, 0) is 55.0 Å². The smallest absolute Gasteiger partial charge is 0.218 e. The van der Waals surface area contributed by atoms with Crippen molar-refractivity contribution in [2.75, 3.05) is 6.54 Å². The molecule has 0 bridgehead atoms. The highest BCUT2D eigenvalue weighted by atomic mass is 28.3. The number of halogens is 2. The number of carbonyl (C=O) groups excluding carboxylic acids is 1. The van der Waals surface area contributed by atoms with E-state index in [0.717, 1.165) is 43.4 Å². The Hall–Kier alpha value is -2.36. The molecule has 4 rings (SSSR count). The highest BCUT2D eigenvalue weighted by molar-refractivity contribution is 6.75. The third-order valence-corrected chi connectivity index (χ3v) is 8.57. The molecule has 1 amide bonds. The molecule has 2 heterocycles. The van der Waals surface area contributed by atoms with Gasteiger partial charge in [-0.15, -0.1) is 0 Å². The van der Waals surface area contributed by atoms with Gasteiger partial charge in [-0.3, -0.25) is 4.79 Å². The lowest BCUT2D eigenvalue weighted by Crippen LogP contribution is -2.52. The SMILES string of the molecule is CC(=O)N[C@@H](Cc1cccc(F)c1F)[C@H](O)CN[C@H]1CC2(CCC2)Oc2ncc(C[Si](C)(C)C)cc21. The molecule has 9 heteroatoms. The Morgan fingerprint density at radius 1 is 1.31 bits per heavy atom. The predicted octanol–water partition coefficient (Wildman–Crippen LogP) is 4.22. The number of benzene rings is 1. The monoisotopic (exact) mass is 517 g/mol. The molecular formula is C27H37F2N3O3Si. The molecule has 0 radical (unpaired) electrons. The Balaban J connectivity index is 1.52. The summed E-state index contributed by atoms with van der Waals surface area (Å²) in [5.74, 6) is -1.61. The summed E-state index contributed by atoms with van der Waals surface area (Å²) in [5, 5.41) is 17.2. The minimum absolute atomic E-state index is 0.0256. The van der Waals surface area contributed by atoms with E-state index in [9.17, 15) is 18.7 Å². The number of hydrogen-bond acceptors (Lipinski definition) is 5. The molecule has 1 spiro atoms. The number of aliphatic hydroxyl groups excluding tert-OH is 1. The first-order chi connectivity index (χ1) is 16.9. The summed E-state index contributed by atoms with van der Waals surface area (Å²) in [7, 11) is -1.34. The van der Waals surface area contributed by atoms with Crippen molar-refractivity contribution < 1.29 is 23.4 Å². The number of hydrogen-bond donors (Lipinski definition) is 3. The molecule has 2 aliphatic rings. The van der Waals surface area contributed by atoms with Crippen LogP contribution in [0.5, 0.6) is 5.88 Å². The summed E-state index contributed by atoms with van der Waals surface area (Å²) in [6.07, 6.45) is 4.70. The van der Waals surface area contributed by atoms with Gasteiger partial charge in [0.1, 0.15) is 5.60 Å². The van der Waals surface area contributed by atoms with Crippen molar-refractivity contribution in [3.8, 4) is 5.88 Å². The number of carbonyl (C=O) groups is 1. The highest BCUT2D eigenvalue weighted by Gasteiger charge is 2.46. The van der Waals surface area contributed by atoms with Gasteiger partial charge in [0.25, 0.3) is 0 Å². The molecule has 3 N–H and O–H groups in total. The van der Waals surface area contributed by atoms with E-state index < -0.39 is 31.9 Å². The highest BCUT2D eigenvalue weighted by Crippen LogP contribution is 2.48. The Labute approximate surface area is 212 Å². The fraction of sp³-hybridized carbons (Fsp3) is 0.556. The molecule has 1 aliphatic carbocycles. The molecule has 1 aromatic heterocycles. The van der Waals surface area contributed by atoms with E-state index in [1.54, 1.807) is 0 Å². The first kappa shape index (κ1) is 26.7. The second-order valence-electron chi connectivity index (χ2n) is 11.6. The summed E-state index contributed by atoms with van der Waals surface area (Å²) < 4.78 is 34.4. The fourth-order valence-electron chi connectivity index (χ4n) is 5.24. The quantitative estimate of drug-likeness (QED) is 0.434. The Kier molecular flexibility index (Phi) is 7.82. The summed E-state index contributed by atoms with van der Waals surface area (Å²) in [4.78, 5) is 16.5. The van der Waals surface area contributed by atoms with E-state index in [4.69, 9.17) is 4.74 Å². The standard InChI is InChI=1S/C27H37F2N3O3Si/c1-17(33)32-22(12-19-7-5-8-21(28)25(19)29)24(34)15-30-23-13-27(9-6-10-27)35-26-20(23)11-18(14-31-26)16-36(2,3)4/h5,7-8,11,14,22-24,30,34H,6,9-10,12-13,15-16H2,1-4H3,(H,32,33)/t22-,23-,24+/m0/s1. The number of aromatic nitrogens is 1. The first-order valence-corrected chi connectivity index (χ1v) is 16.4. The Morgan fingerprint density at radius 3 is 2.69 bits per heavy atom. The topological polar surface area (TPSA) is 83.5 Å². The van der Waals surface area contributed by atoms with Crippen LogP contribution in [0.4, 0.5) is 8.78 Å². The van der Waals surface area contributed by atoms with Crippen molar-refractivity contribution in [3.05, 3.63) is 58.8 Å². The first-order valence-electron chi connectivity index (χ1n) is 12.7. The maximum absolute atomic E-state index is 14.3. The van der Waals surface area contributed by atoms with E-state index in [1.807, 2.05) is 6.20 Å². The van der Waals surface area contributed by atoms with Crippen LogP contribution < -0.4 is 15.4 Å². The number of fused-ring (bicyclic) bond motifs is 1. The molecule has 3 atom stereocenters. The maximum Gasteiger partial charge on any atom is 0.218 e. The molecule has 2 aromatic rings. The van der Waals surface area contributed by atoms with Gasteiger partial charge in [-0.25, -0.2) is 13.8 Å². The lowest BCUT2D eigenvalue weighted by Gasteiger charge is -2.47. The molecule has 1 aliphatic heterocycles. The molecule has 1 aromatic carbocycles. The number of pyridine rings is 1. The second-order valence-corrected chi connectivity index (χ2v) is 17.0. The summed E-state index contributed by atoms with van der Waals surface area (Å²) in [6.45, 7) is 8.47. The second kappa shape index (κ2) is 10.6. The maximum atomic E-state index is 14.3. The summed E-state index contributed by atoms with van der Waals surface area (Å²) >= 11 is 0. The van der Waals surface area contributed by atoms with Crippen LogP contribution in [0.1, 0.15) is 55.3 Å². The van der Waals surface area contributed by atoms with Crippen LogP contribution in [-0.4, -0.2) is 48.4 Å². The average Bonchev–Trinajstić information content (AvgIpc) is 2.77. The van der Waals surface area contributed by atoms with Gasteiger partial charge >= 0.3 is 0 Å². The van der Waals surface area contributed by atoms with Crippen LogP contribution in [0.2, 0.25) is 19.6 Å². The van der Waals surface area contributed by atoms with Gasteiger partial charge in [-0.1, -0.05) is 31.8 Å². The molecule has 6 nitrogen and oxygen atoms in total. The number of nitrogens with one attached hydrogen (secondary N) is 2. The van der Waals surface area contributed by atoms with Gasteiger partial charge in [0, 0.05) is 45.8 Å². The third-order valence-electron chi connectivity index (χ3n) is 7.10. The molecule has 196 valence electrons. The van der Waals surface area contributed by atoms with Crippen LogP contribution in [-0.2, 0) is 17.3 Å². The zero-order chi connectivity index (χ0) is 26.1. The number of ether oxygens (including phenoxy) is 1. The van der Waals surface area contributed by atoms with Crippen molar-refractivity contribution in [1.82, 2.24) is 15.6 Å².